The van der Waals surface area contributed by atoms with Crippen molar-refractivity contribution >= 4 is 15.7 Å². The van der Waals surface area contributed by atoms with Crippen molar-refractivity contribution in [2.45, 2.75) is 11.7 Å². The molecule has 0 bridgehead atoms. The molecule has 1 atom stereocenters. The Bertz CT molecular complexity index is 559. The lowest BCUT2D eigenvalue weighted by atomic mass is 10.2. The van der Waals surface area contributed by atoms with Gasteiger partial charge in [0.1, 0.15) is 11.5 Å². The number of benzene rings is 1. The second kappa shape index (κ2) is 5.26. The molecule has 1 aliphatic heterocycles. The van der Waals surface area contributed by atoms with Crippen LogP contribution in [0.4, 0.5) is 5.69 Å². The number of rotatable bonds is 4. The van der Waals surface area contributed by atoms with Crippen LogP contribution in [0.15, 0.2) is 18.2 Å². The zero-order valence-electron chi connectivity index (χ0n) is 11.0. The molecule has 1 fully saturated rings. The Kier molecular flexibility index (Phi) is 3.86. The number of ether oxygens (including phenoxy) is 2. The first-order valence-corrected chi connectivity index (χ1v) is 7.48. The molecule has 2 N–H and O–H groups in total. The van der Waals surface area contributed by atoms with Crippen molar-refractivity contribution in [2.24, 2.45) is 5.73 Å². The van der Waals surface area contributed by atoms with E-state index in [1.54, 1.807) is 25.3 Å². The molecule has 1 aliphatic rings. The molecule has 0 radical (unpaired) electrons. The summed E-state index contributed by atoms with van der Waals surface area (Å²) < 4.78 is 36.3. The van der Waals surface area contributed by atoms with Crippen LogP contribution in [0.5, 0.6) is 11.5 Å². The van der Waals surface area contributed by atoms with Gasteiger partial charge in [0.05, 0.1) is 25.2 Å². The van der Waals surface area contributed by atoms with Crippen LogP contribution in [-0.2, 0) is 10.0 Å². The molecule has 1 aromatic rings. The number of nitrogens with zero attached hydrogens (tertiary/aromatic N) is 1. The summed E-state index contributed by atoms with van der Waals surface area (Å²) in [5, 5.41) is -0.515. The van der Waals surface area contributed by atoms with Crippen LogP contribution in [0.1, 0.15) is 6.42 Å². The van der Waals surface area contributed by atoms with Crippen molar-refractivity contribution in [3.63, 3.8) is 0 Å². The van der Waals surface area contributed by atoms with E-state index in [2.05, 4.69) is 0 Å². The van der Waals surface area contributed by atoms with Crippen molar-refractivity contribution in [1.82, 2.24) is 0 Å². The third-order valence-electron chi connectivity index (χ3n) is 3.30. The monoisotopic (exact) mass is 286 g/mol. The van der Waals surface area contributed by atoms with Gasteiger partial charge in [0.2, 0.25) is 10.0 Å². The van der Waals surface area contributed by atoms with Crippen molar-refractivity contribution in [3.8, 4) is 11.5 Å². The van der Waals surface area contributed by atoms with Crippen LogP contribution in [0.2, 0.25) is 0 Å². The van der Waals surface area contributed by atoms with Crippen LogP contribution >= 0.6 is 0 Å². The highest BCUT2D eigenvalue weighted by atomic mass is 32.2. The third kappa shape index (κ3) is 2.35. The van der Waals surface area contributed by atoms with Crippen molar-refractivity contribution < 1.29 is 17.9 Å². The number of sulfonamides is 1. The van der Waals surface area contributed by atoms with Gasteiger partial charge in [-0.2, -0.15) is 0 Å². The molecule has 1 heterocycles. The fourth-order valence-corrected chi connectivity index (χ4v) is 4.00. The van der Waals surface area contributed by atoms with Crippen LogP contribution in [0.3, 0.4) is 0 Å². The SMILES string of the molecule is COc1ccc(N2CC[C@H](CN)S2(=O)=O)c(OC)c1. The summed E-state index contributed by atoms with van der Waals surface area (Å²) >= 11 is 0. The summed E-state index contributed by atoms with van der Waals surface area (Å²) in [4.78, 5) is 0. The van der Waals surface area contributed by atoms with Crippen molar-refractivity contribution in [3.05, 3.63) is 18.2 Å². The first-order chi connectivity index (χ1) is 9.04. The number of hydrogen-bond donors (Lipinski definition) is 1. The minimum atomic E-state index is -3.40. The zero-order valence-corrected chi connectivity index (χ0v) is 11.8. The second-order valence-corrected chi connectivity index (χ2v) is 6.44. The maximum Gasteiger partial charge on any atom is 0.239 e. The maximum absolute atomic E-state index is 12.3. The lowest BCUT2D eigenvalue weighted by molar-refractivity contribution is 0.395. The highest BCUT2D eigenvalue weighted by Crippen LogP contribution is 2.37. The largest absolute Gasteiger partial charge is 0.497 e. The molecular weight excluding hydrogens is 268 g/mol. The van der Waals surface area contributed by atoms with Gasteiger partial charge in [-0.3, -0.25) is 4.31 Å². The molecule has 0 spiro atoms. The summed E-state index contributed by atoms with van der Waals surface area (Å²) in [7, 11) is -0.347. The van der Waals surface area contributed by atoms with Crippen LogP contribution in [-0.4, -0.2) is 41.0 Å². The van der Waals surface area contributed by atoms with E-state index in [1.807, 2.05) is 0 Å². The van der Waals surface area contributed by atoms with Crippen LogP contribution in [0, 0.1) is 0 Å². The van der Waals surface area contributed by atoms with E-state index < -0.39 is 15.3 Å². The first-order valence-electron chi connectivity index (χ1n) is 5.98. The Morgan fingerprint density at radius 2 is 2.11 bits per heavy atom. The molecule has 0 saturated carbocycles. The van der Waals surface area contributed by atoms with Crippen LogP contribution in [0.25, 0.3) is 0 Å². The smallest absolute Gasteiger partial charge is 0.239 e. The van der Waals surface area contributed by atoms with Gasteiger partial charge in [-0.1, -0.05) is 0 Å². The average Bonchev–Trinajstić information content (AvgIpc) is 2.72. The average molecular weight is 286 g/mol. The van der Waals surface area contributed by atoms with Gasteiger partial charge in [0, 0.05) is 19.2 Å². The minimum absolute atomic E-state index is 0.136. The summed E-state index contributed by atoms with van der Waals surface area (Å²) in [6, 6.07) is 5.07. The molecule has 0 unspecified atom stereocenters. The van der Waals surface area contributed by atoms with Gasteiger partial charge in [0.15, 0.2) is 0 Å². The topological polar surface area (TPSA) is 81.9 Å². The predicted octanol–water partition coefficient (Wildman–Crippen LogP) is 0.571. The van der Waals surface area contributed by atoms with Gasteiger partial charge < -0.3 is 15.2 Å². The van der Waals surface area contributed by atoms with Gasteiger partial charge in [-0.05, 0) is 18.6 Å². The molecule has 0 aliphatic carbocycles. The maximum atomic E-state index is 12.3. The highest BCUT2D eigenvalue weighted by Gasteiger charge is 2.39. The molecule has 106 valence electrons. The lowest BCUT2D eigenvalue weighted by Gasteiger charge is -2.21. The second-order valence-electron chi connectivity index (χ2n) is 4.30. The summed E-state index contributed by atoms with van der Waals surface area (Å²) in [6.07, 6.45) is 0.536. The Hall–Kier alpha value is -1.47. The minimum Gasteiger partial charge on any atom is -0.497 e. The van der Waals surface area contributed by atoms with Crippen molar-refractivity contribution in [1.29, 1.82) is 0 Å². The Labute approximate surface area is 113 Å². The van der Waals surface area contributed by atoms with E-state index in [9.17, 15) is 8.42 Å². The summed E-state index contributed by atoms with van der Waals surface area (Å²) in [5.74, 6) is 1.09. The van der Waals surface area contributed by atoms with E-state index >= 15 is 0 Å². The quantitative estimate of drug-likeness (QED) is 0.875. The number of anilines is 1. The molecule has 1 saturated heterocycles. The van der Waals surface area contributed by atoms with E-state index in [4.69, 9.17) is 15.2 Å². The van der Waals surface area contributed by atoms with E-state index in [-0.39, 0.29) is 6.54 Å². The number of nitrogens with two attached hydrogens (primary N) is 1. The molecule has 7 heteroatoms. The first kappa shape index (κ1) is 14.0. The molecule has 1 aromatic carbocycles. The fraction of sp³-hybridized carbons (Fsp3) is 0.500. The Morgan fingerprint density at radius 3 is 2.63 bits per heavy atom. The normalized spacial score (nSPS) is 21.4. The van der Waals surface area contributed by atoms with Crippen molar-refractivity contribution in [2.75, 3.05) is 31.6 Å². The van der Waals surface area contributed by atoms with Gasteiger partial charge in [-0.15, -0.1) is 0 Å². The van der Waals surface area contributed by atoms with Crippen LogP contribution < -0.4 is 19.5 Å². The van der Waals surface area contributed by atoms with Gasteiger partial charge >= 0.3 is 0 Å². The molecule has 0 amide bonds. The zero-order chi connectivity index (χ0) is 14.0. The fourth-order valence-electron chi connectivity index (χ4n) is 2.21. The number of hydrogen-bond acceptors (Lipinski definition) is 5. The summed E-state index contributed by atoms with van der Waals surface area (Å²) in [5.41, 5.74) is 6.04. The molecule has 0 aromatic heterocycles. The Morgan fingerprint density at radius 1 is 1.37 bits per heavy atom. The standard InChI is InChI=1S/C12H18N2O4S/c1-17-9-3-4-11(12(7-9)18-2)14-6-5-10(8-13)19(14,15)16/h3-4,7,10H,5-6,8,13H2,1-2H3/t10-/m1/s1. The van der Waals surface area contributed by atoms with E-state index in [1.165, 1.54) is 11.4 Å². The van der Waals surface area contributed by atoms with E-state index in [0.717, 1.165) is 0 Å². The molecule has 19 heavy (non-hydrogen) atoms. The third-order valence-corrected chi connectivity index (χ3v) is 5.57. The Balaban J connectivity index is 2.43. The van der Waals surface area contributed by atoms with E-state index in [0.29, 0.717) is 30.2 Å². The molecule has 2 rings (SSSR count). The molecular formula is C12H18N2O4S. The summed E-state index contributed by atoms with van der Waals surface area (Å²) in [6.45, 7) is 0.560. The van der Waals surface area contributed by atoms with Gasteiger partial charge in [0.25, 0.3) is 0 Å². The van der Waals surface area contributed by atoms with Gasteiger partial charge in [-0.25, -0.2) is 8.42 Å². The highest BCUT2D eigenvalue weighted by molar-refractivity contribution is 7.93. The molecule has 6 nitrogen and oxygen atoms in total. The lowest BCUT2D eigenvalue weighted by Crippen LogP contribution is -2.33. The predicted molar refractivity (Wildman–Crippen MR) is 73.3 cm³/mol. The number of methoxy groups -OCH3 is 2.